The Morgan fingerprint density at radius 2 is 2.24 bits per heavy atom. The van der Waals surface area contributed by atoms with Crippen LogP contribution in [0.2, 0.25) is 0 Å². The maximum atomic E-state index is 11.3. The molecule has 0 unspecified atom stereocenters. The predicted octanol–water partition coefficient (Wildman–Crippen LogP) is 3.92. The van der Waals surface area contributed by atoms with E-state index in [2.05, 4.69) is 28.8 Å². The Kier molecular flexibility index (Phi) is 4.62. The van der Waals surface area contributed by atoms with Gasteiger partial charge in [-0.15, -0.1) is 11.3 Å². The summed E-state index contributed by atoms with van der Waals surface area (Å²) in [5, 5.41) is 20.8. The summed E-state index contributed by atoms with van der Waals surface area (Å²) < 4.78 is 1.69. The third-order valence-corrected chi connectivity index (χ3v) is 4.32. The van der Waals surface area contributed by atoms with E-state index in [-0.39, 0.29) is 16.7 Å². The molecule has 7 heteroatoms. The molecular formula is C14H20N4O2S. The van der Waals surface area contributed by atoms with Crippen molar-refractivity contribution in [3.05, 3.63) is 37.7 Å². The van der Waals surface area contributed by atoms with Gasteiger partial charge in [-0.3, -0.25) is 10.1 Å². The second-order valence-corrected chi connectivity index (χ2v) is 6.15. The van der Waals surface area contributed by atoms with Gasteiger partial charge in [0.15, 0.2) is 0 Å². The summed E-state index contributed by atoms with van der Waals surface area (Å²) in [6.07, 6.45) is 0.963. The van der Waals surface area contributed by atoms with Crippen molar-refractivity contribution in [3.63, 3.8) is 0 Å². The van der Waals surface area contributed by atoms with E-state index in [1.165, 1.54) is 10.4 Å². The van der Waals surface area contributed by atoms with Gasteiger partial charge >= 0.3 is 5.69 Å². The zero-order valence-corrected chi connectivity index (χ0v) is 13.5. The fourth-order valence-corrected chi connectivity index (χ4v) is 3.21. The Hall–Kier alpha value is -1.89. The summed E-state index contributed by atoms with van der Waals surface area (Å²) >= 11 is 1.67. The van der Waals surface area contributed by atoms with Crippen molar-refractivity contribution in [2.45, 2.75) is 46.7 Å². The molecule has 2 aromatic heterocycles. The molecule has 0 radical (unpaired) electrons. The SMILES string of the molecule is CCc1ccsc1CNc1c([N+](=O)[O-])c(C)nn1C(C)C. The molecule has 0 aliphatic heterocycles. The first kappa shape index (κ1) is 15.5. The molecule has 0 saturated carbocycles. The Labute approximate surface area is 127 Å². The van der Waals surface area contributed by atoms with Crippen molar-refractivity contribution in [2.75, 3.05) is 5.32 Å². The fraction of sp³-hybridized carbons (Fsp3) is 0.500. The molecule has 0 atom stereocenters. The molecule has 0 bridgehead atoms. The Bertz CT molecular complexity index is 645. The molecule has 0 aliphatic carbocycles. The molecule has 21 heavy (non-hydrogen) atoms. The van der Waals surface area contributed by atoms with E-state index in [9.17, 15) is 10.1 Å². The van der Waals surface area contributed by atoms with Gasteiger partial charge in [-0.25, -0.2) is 4.68 Å². The van der Waals surface area contributed by atoms with Crippen LogP contribution in [0.1, 0.15) is 42.9 Å². The molecule has 2 aromatic rings. The lowest BCUT2D eigenvalue weighted by molar-refractivity contribution is -0.384. The first-order valence-corrected chi connectivity index (χ1v) is 7.86. The second-order valence-electron chi connectivity index (χ2n) is 5.15. The van der Waals surface area contributed by atoms with Gasteiger partial charge in [0.2, 0.25) is 5.82 Å². The molecule has 0 aliphatic rings. The van der Waals surface area contributed by atoms with Crippen molar-refractivity contribution in [2.24, 2.45) is 0 Å². The number of hydrogen-bond donors (Lipinski definition) is 1. The van der Waals surface area contributed by atoms with Gasteiger partial charge in [-0.05, 0) is 44.2 Å². The lowest BCUT2D eigenvalue weighted by Gasteiger charge is -2.12. The van der Waals surface area contributed by atoms with Crippen LogP contribution in [-0.2, 0) is 13.0 Å². The summed E-state index contributed by atoms with van der Waals surface area (Å²) in [5.41, 5.74) is 1.79. The largest absolute Gasteiger partial charge is 0.360 e. The zero-order chi connectivity index (χ0) is 15.6. The number of hydrogen-bond acceptors (Lipinski definition) is 5. The van der Waals surface area contributed by atoms with Gasteiger partial charge in [-0.1, -0.05) is 6.92 Å². The van der Waals surface area contributed by atoms with Crippen LogP contribution >= 0.6 is 11.3 Å². The highest BCUT2D eigenvalue weighted by molar-refractivity contribution is 7.10. The van der Waals surface area contributed by atoms with Gasteiger partial charge in [0.1, 0.15) is 5.69 Å². The topological polar surface area (TPSA) is 73.0 Å². The maximum Gasteiger partial charge on any atom is 0.333 e. The van der Waals surface area contributed by atoms with Gasteiger partial charge in [0.05, 0.1) is 11.5 Å². The third kappa shape index (κ3) is 3.07. The van der Waals surface area contributed by atoms with Crippen LogP contribution < -0.4 is 5.32 Å². The van der Waals surface area contributed by atoms with Crippen LogP contribution in [0.5, 0.6) is 0 Å². The number of aromatic nitrogens is 2. The highest BCUT2D eigenvalue weighted by atomic mass is 32.1. The van der Waals surface area contributed by atoms with E-state index in [0.29, 0.717) is 18.1 Å². The number of thiophene rings is 1. The Morgan fingerprint density at radius 3 is 2.81 bits per heavy atom. The summed E-state index contributed by atoms with van der Waals surface area (Å²) in [4.78, 5) is 12.1. The quantitative estimate of drug-likeness (QED) is 0.648. The number of nitrogens with zero attached hydrogens (tertiary/aromatic N) is 3. The smallest absolute Gasteiger partial charge is 0.333 e. The molecule has 0 saturated heterocycles. The van der Waals surface area contributed by atoms with Crippen LogP contribution in [-0.4, -0.2) is 14.7 Å². The van der Waals surface area contributed by atoms with E-state index in [4.69, 9.17) is 0 Å². The summed E-state index contributed by atoms with van der Waals surface area (Å²) in [5.74, 6) is 0.489. The van der Waals surface area contributed by atoms with Crippen molar-refractivity contribution in [1.29, 1.82) is 0 Å². The highest BCUT2D eigenvalue weighted by Crippen LogP contribution is 2.31. The highest BCUT2D eigenvalue weighted by Gasteiger charge is 2.26. The number of rotatable bonds is 6. The number of aryl methyl sites for hydroxylation is 2. The van der Waals surface area contributed by atoms with E-state index in [0.717, 1.165) is 6.42 Å². The van der Waals surface area contributed by atoms with Gasteiger partial charge in [-0.2, -0.15) is 5.10 Å². The lowest BCUT2D eigenvalue weighted by atomic mass is 10.2. The molecule has 0 spiro atoms. The lowest BCUT2D eigenvalue weighted by Crippen LogP contribution is -2.11. The molecule has 0 amide bonds. The minimum Gasteiger partial charge on any atom is -0.360 e. The normalized spacial score (nSPS) is 11.1. The van der Waals surface area contributed by atoms with E-state index >= 15 is 0 Å². The fourth-order valence-electron chi connectivity index (χ4n) is 2.30. The Balaban J connectivity index is 2.32. The predicted molar refractivity (Wildman–Crippen MR) is 85.0 cm³/mol. The molecule has 2 heterocycles. The average molecular weight is 308 g/mol. The number of nitrogens with one attached hydrogen (secondary N) is 1. The summed E-state index contributed by atoms with van der Waals surface area (Å²) in [6.45, 7) is 8.29. The van der Waals surface area contributed by atoms with E-state index in [1.807, 2.05) is 13.8 Å². The minimum atomic E-state index is -0.362. The van der Waals surface area contributed by atoms with Crippen molar-refractivity contribution in [3.8, 4) is 0 Å². The maximum absolute atomic E-state index is 11.3. The summed E-state index contributed by atoms with van der Waals surface area (Å²) in [7, 11) is 0. The van der Waals surface area contributed by atoms with Crippen LogP contribution in [0.25, 0.3) is 0 Å². The molecule has 0 aromatic carbocycles. The first-order chi connectivity index (χ1) is 9.95. The van der Waals surface area contributed by atoms with Gasteiger partial charge < -0.3 is 5.32 Å². The van der Waals surface area contributed by atoms with Crippen LogP contribution in [0.15, 0.2) is 11.4 Å². The summed E-state index contributed by atoms with van der Waals surface area (Å²) in [6, 6.07) is 2.16. The van der Waals surface area contributed by atoms with Gasteiger partial charge in [0, 0.05) is 10.9 Å². The van der Waals surface area contributed by atoms with E-state index in [1.54, 1.807) is 22.9 Å². The first-order valence-electron chi connectivity index (χ1n) is 6.98. The number of nitro groups is 1. The molecule has 2 rings (SSSR count). The standard InChI is InChI=1S/C14H20N4O2S/c1-5-11-6-7-21-12(11)8-15-14-13(18(19)20)10(4)16-17(14)9(2)3/h6-7,9,15H,5,8H2,1-4H3. The van der Waals surface area contributed by atoms with Crippen molar-refractivity contribution in [1.82, 2.24) is 9.78 Å². The number of anilines is 1. The molecule has 114 valence electrons. The average Bonchev–Trinajstić information content (AvgIpc) is 2.99. The molecule has 0 fully saturated rings. The van der Waals surface area contributed by atoms with E-state index < -0.39 is 0 Å². The monoisotopic (exact) mass is 308 g/mol. The molecule has 1 N–H and O–H groups in total. The van der Waals surface area contributed by atoms with Crippen LogP contribution in [0.4, 0.5) is 11.5 Å². The van der Waals surface area contributed by atoms with Crippen molar-refractivity contribution >= 4 is 22.8 Å². The third-order valence-electron chi connectivity index (χ3n) is 3.36. The van der Waals surface area contributed by atoms with Crippen LogP contribution in [0.3, 0.4) is 0 Å². The van der Waals surface area contributed by atoms with Gasteiger partial charge in [0.25, 0.3) is 0 Å². The van der Waals surface area contributed by atoms with Crippen molar-refractivity contribution < 1.29 is 4.92 Å². The molecule has 6 nitrogen and oxygen atoms in total. The van der Waals surface area contributed by atoms with Crippen LogP contribution in [0, 0.1) is 17.0 Å². The Morgan fingerprint density at radius 1 is 1.52 bits per heavy atom. The second kappa shape index (κ2) is 6.26. The molecular weight excluding hydrogens is 288 g/mol. The zero-order valence-electron chi connectivity index (χ0n) is 12.7. The minimum absolute atomic E-state index is 0.0638.